The van der Waals surface area contributed by atoms with Gasteiger partial charge in [-0.15, -0.1) is 0 Å². The van der Waals surface area contributed by atoms with Crippen LogP contribution in [-0.2, 0) is 13.1 Å². The first kappa shape index (κ1) is 21.6. The lowest BCUT2D eigenvalue weighted by Gasteiger charge is -2.38. The van der Waals surface area contributed by atoms with Gasteiger partial charge in [0.05, 0.1) is 28.2 Å². The molecule has 2 unspecified atom stereocenters. The maximum absolute atomic E-state index is 3.96. The molecule has 26 heavy (non-hydrogen) atoms. The van der Waals surface area contributed by atoms with E-state index in [0.717, 1.165) is 34.9 Å². The molecule has 0 amide bonds. The number of halogens is 2. The Morgan fingerprint density at radius 1 is 0.615 bits per heavy atom. The summed E-state index contributed by atoms with van der Waals surface area (Å²) >= 11 is 7.93. The van der Waals surface area contributed by atoms with Crippen molar-refractivity contribution in [1.82, 2.24) is 0 Å². The van der Waals surface area contributed by atoms with Crippen LogP contribution in [0.1, 0.15) is 24.0 Å². The highest BCUT2D eigenvalue weighted by molar-refractivity contribution is 9.09. The van der Waals surface area contributed by atoms with Crippen LogP contribution in [0.2, 0.25) is 0 Å². The monoisotopic (exact) mass is 482 g/mol. The summed E-state index contributed by atoms with van der Waals surface area (Å²) in [7, 11) is 9.22. The number of hydrogen-bond donors (Lipinski definition) is 0. The van der Waals surface area contributed by atoms with Gasteiger partial charge in [-0.05, 0) is 31.9 Å². The summed E-state index contributed by atoms with van der Waals surface area (Å²) in [6, 6.07) is 21.5. The molecule has 2 atom stereocenters. The molecule has 0 saturated heterocycles. The molecule has 2 aromatic carbocycles. The first-order valence-corrected chi connectivity index (χ1v) is 11.1. The van der Waals surface area contributed by atoms with E-state index in [2.05, 4.69) is 121 Å². The third kappa shape index (κ3) is 6.49. The second-order valence-corrected chi connectivity index (χ2v) is 10.4. The highest BCUT2D eigenvalue weighted by atomic mass is 79.9. The highest BCUT2D eigenvalue weighted by Crippen LogP contribution is 2.28. The summed E-state index contributed by atoms with van der Waals surface area (Å²) in [6.45, 7) is 2.07. The van der Waals surface area contributed by atoms with E-state index in [0.29, 0.717) is 9.90 Å². The number of hydrogen-bond acceptors (Lipinski definition) is 0. The Labute approximate surface area is 176 Å². The summed E-state index contributed by atoms with van der Waals surface area (Å²) in [4.78, 5) is 0.860. The van der Waals surface area contributed by atoms with Crippen molar-refractivity contribution in [3.8, 4) is 0 Å². The Morgan fingerprint density at radius 2 is 0.923 bits per heavy atom. The van der Waals surface area contributed by atoms with Crippen molar-refractivity contribution < 1.29 is 8.97 Å². The molecule has 0 spiro atoms. The number of alkyl halides is 2. The fraction of sp³-hybridized carbons (Fsp3) is 0.455. The predicted molar refractivity (Wildman–Crippen MR) is 119 cm³/mol. The second-order valence-electron chi connectivity index (χ2n) is 8.29. The SMILES string of the molecule is C[N+](C)(Cc1ccccc1)C(Br)CCC(Br)[N+](C)(C)Cc1ccccc1. The zero-order valence-corrected chi connectivity index (χ0v) is 19.6. The average molecular weight is 484 g/mol. The molecule has 2 aromatic rings. The second kappa shape index (κ2) is 9.50. The van der Waals surface area contributed by atoms with E-state index in [1.165, 1.54) is 11.1 Å². The Hall–Kier alpha value is -0.680. The van der Waals surface area contributed by atoms with E-state index in [1.54, 1.807) is 0 Å². The van der Waals surface area contributed by atoms with Crippen molar-refractivity contribution in [2.24, 2.45) is 0 Å². The molecule has 2 nitrogen and oxygen atoms in total. The van der Waals surface area contributed by atoms with Crippen molar-refractivity contribution in [3.05, 3.63) is 71.8 Å². The normalized spacial score (nSPS) is 14.8. The lowest BCUT2D eigenvalue weighted by molar-refractivity contribution is -0.918. The minimum atomic E-state index is 0.430. The van der Waals surface area contributed by atoms with Gasteiger partial charge in [0.25, 0.3) is 0 Å². The van der Waals surface area contributed by atoms with Crippen molar-refractivity contribution >= 4 is 31.9 Å². The van der Waals surface area contributed by atoms with Gasteiger partial charge in [-0.2, -0.15) is 0 Å². The van der Waals surface area contributed by atoms with Crippen LogP contribution in [0.15, 0.2) is 60.7 Å². The molecule has 0 fully saturated rings. The van der Waals surface area contributed by atoms with E-state index in [4.69, 9.17) is 0 Å². The Morgan fingerprint density at radius 3 is 1.23 bits per heavy atom. The largest absolute Gasteiger partial charge is 0.313 e. The lowest BCUT2D eigenvalue weighted by atomic mass is 10.1. The molecule has 0 heterocycles. The lowest BCUT2D eigenvalue weighted by Crippen LogP contribution is -2.47. The summed E-state index contributed by atoms with van der Waals surface area (Å²) in [5.74, 6) is 0. The van der Waals surface area contributed by atoms with Gasteiger partial charge >= 0.3 is 0 Å². The minimum absolute atomic E-state index is 0.430. The zero-order valence-electron chi connectivity index (χ0n) is 16.4. The summed E-state index contributed by atoms with van der Waals surface area (Å²) in [6.07, 6.45) is 2.26. The Kier molecular flexibility index (Phi) is 7.90. The van der Waals surface area contributed by atoms with Crippen LogP contribution in [0.5, 0.6) is 0 Å². The third-order valence-corrected chi connectivity index (χ3v) is 8.16. The van der Waals surface area contributed by atoms with E-state index in [9.17, 15) is 0 Å². The molecule has 0 aliphatic heterocycles. The van der Waals surface area contributed by atoms with Gasteiger partial charge in [0.15, 0.2) is 0 Å². The quantitative estimate of drug-likeness (QED) is 0.241. The molecule has 0 N–H and O–H groups in total. The van der Waals surface area contributed by atoms with E-state index >= 15 is 0 Å². The maximum atomic E-state index is 3.96. The van der Waals surface area contributed by atoms with Crippen molar-refractivity contribution in [2.75, 3.05) is 28.2 Å². The smallest absolute Gasteiger partial charge is 0.144 e. The first-order chi connectivity index (χ1) is 12.2. The van der Waals surface area contributed by atoms with Gasteiger partial charge in [0, 0.05) is 24.0 Å². The van der Waals surface area contributed by atoms with E-state index < -0.39 is 0 Å². The molecule has 142 valence electrons. The van der Waals surface area contributed by atoms with Crippen molar-refractivity contribution in [2.45, 2.75) is 35.8 Å². The van der Waals surface area contributed by atoms with Crippen LogP contribution < -0.4 is 0 Å². The predicted octanol–water partition coefficient (Wildman–Crippen LogP) is 5.76. The van der Waals surface area contributed by atoms with Gasteiger partial charge in [0.2, 0.25) is 0 Å². The fourth-order valence-electron chi connectivity index (χ4n) is 3.28. The van der Waals surface area contributed by atoms with E-state index in [-0.39, 0.29) is 0 Å². The standard InChI is InChI=1S/C22H32Br2N2/c1-25(2,17-19-11-7-5-8-12-19)21(23)15-16-22(24)26(3,4)18-20-13-9-6-10-14-20/h5-14,21-22H,15-18H2,1-4H3/q+2. The Balaban J connectivity index is 1.89. The molecular formula is C22H32Br2N2+2. The molecule has 2 rings (SSSR count). The maximum Gasteiger partial charge on any atom is 0.144 e. The summed E-state index contributed by atoms with van der Waals surface area (Å²) in [5.41, 5.74) is 2.77. The van der Waals surface area contributed by atoms with Crippen LogP contribution >= 0.6 is 31.9 Å². The first-order valence-electron chi connectivity index (χ1n) is 9.22. The van der Waals surface area contributed by atoms with E-state index in [1.807, 2.05) is 0 Å². The van der Waals surface area contributed by atoms with Gasteiger partial charge in [0.1, 0.15) is 23.0 Å². The molecular weight excluding hydrogens is 452 g/mol. The number of benzene rings is 2. The molecule has 4 heteroatoms. The number of nitrogens with zero attached hydrogens (tertiary/aromatic N) is 2. The molecule has 0 saturated carbocycles. The molecule has 0 bridgehead atoms. The number of rotatable bonds is 9. The topological polar surface area (TPSA) is 0 Å². The Bertz CT molecular complexity index is 597. The van der Waals surface area contributed by atoms with Crippen LogP contribution in [0.25, 0.3) is 0 Å². The molecule has 0 aliphatic rings. The van der Waals surface area contributed by atoms with Gasteiger partial charge < -0.3 is 8.97 Å². The van der Waals surface area contributed by atoms with Crippen LogP contribution in [0.3, 0.4) is 0 Å². The summed E-state index contributed by atoms with van der Waals surface area (Å²) < 4.78 is 1.88. The molecule has 0 radical (unpaired) electrons. The van der Waals surface area contributed by atoms with Crippen LogP contribution in [-0.4, -0.2) is 47.1 Å². The molecule has 0 aliphatic carbocycles. The van der Waals surface area contributed by atoms with Crippen molar-refractivity contribution in [1.29, 1.82) is 0 Å². The van der Waals surface area contributed by atoms with Crippen LogP contribution in [0, 0.1) is 0 Å². The van der Waals surface area contributed by atoms with Gasteiger partial charge in [-0.1, -0.05) is 60.7 Å². The van der Waals surface area contributed by atoms with Gasteiger partial charge in [-0.25, -0.2) is 0 Å². The van der Waals surface area contributed by atoms with Crippen LogP contribution in [0.4, 0.5) is 0 Å². The zero-order chi connectivity index (χ0) is 19.2. The highest BCUT2D eigenvalue weighted by Gasteiger charge is 2.31. The summed E-state index contributed by atoms with van der Waals surface area (Å²) in [5, 5.41) is 0. The average Bonchev–Trinajstić information content (AvgIpc) is 2.60. The van der Waals surface area contributed by atoms with Gasteiger partial charge in [-0.3, -0.25) is 0 Å². The minimum Gasteiger partial charge on any atom is -0.313 e. The van der Waals surface area contributed by atoms with Crippen molar-refractivity contribution in [3.63, 3.8) is 0 Å². The molecule has 0 aromatic heterocycles. The number of quaternary nitrogens is 2. The fourth-order valence-corrected chi connectivity index (χ4v) is 4.10. The third-order valence-electron chi connectivity index (χ3n) is 5.03.